The van der Waals surface area contributed by atoms with Gasteiger partial charge in [0, 0.05) is 11.1 Å². The molecule has 0 saturated carbocycles. The number of hydrogen-bond donors (Lipinski definition) is 2. The number of para-hydroxylation sites is 1. The van der Waals surface area contributed by atoms with E-state index in [9.17, 15) is 0 Å². The molecule has 0 fully saturated rings. The van der Waals surface area contributed by atoms with Gasteiger partial charge >= 0.3 is 0 Å². The summed E-state index contributed by atoms with van der Waals surface area (Å²) in [5.74, 6) is 1.74. The zero-order chi connectivity index (χ0) is 33.7. The molecular weight excluding hydrogens is 609 g/mol. The summed E-state index contributed by atoms with van der Waals surface area (Å²) in [5, 5.41) is 17.3. The topological polar surface area (TPSA) is 56.9 Å². The van der Waals surface area contributed by atoms with Crippen LogP contribution in [0.4, 0.5) is 0 Å². The van der Waals surface area contributed by atoms with Crippen molar-refractivity contribution >= 4 is 11.4 Å². The summed E-state index contributed by atoms with van der Waals surface area (Å²) >= 11 is 0. The number of allylic oxidation sites excluding steroid dienone is 2. The number of rotatable bonds is 6. The van der Waals surface area contributed by atoms with E-state index in [0.29, 0.717) is 11.4 Å². The third kappa shape index (κ3) is 4.59. The van der Waals surface area contributed by atoms with Crippen LogP contribution in [0.1, 0.15) is 33.4 Å². The van der Waals surface area contributed by atoms with Crippen molar-refractivity contribution in [3.05, 3.63) is 215 Å². The summed E-state index contributed by atoms with van der Waals surface area (Å²) in [6, 6.07) is 58.9. The Morgan fingerprint density at radius 2 is 0.900 bits per heavy atom. The summed E-state index contributed by atoms with van der Waals surface area (Å²) in [6.07, 6.45) is 3.40. The SMILES string of the molecule is N=C(/C=C\C(=N)c1cccc(-c2ccccc2-c2ccc3c(c2)C2(c4ccccc4O3)c3ccccc3-c3ccccc32)c1)c1ccccc1. The summed E-state index contributed by atoms with van der Waals surface area (Å²) in [4.78, 5) is 0. The normalized spacial score (nSPS) is 13.2. The predicted molar refractivity (Wildman–Crippen MR) is 204 cm³/mol. The van der Waals surface area contributed by atoms with Crippen molar-refractivity contribution in [1.29, 1.82) is 10.8 Å². The third-order valence-electron chi connectivity index (χ3n) is 10.1. The first-order valence-corrected chi connectivity index (χ1v) is 16.8. The van der Waals surface area contributed by atoms with Crippen LogP contribution in [0.2, 0.25) is 0 Å². The molecule has 0 radical (unpaired) electrons. The summed E-state index contributed by atoms with van der Waals surface area (Å²) in [5.41, 5.74) is 13.5. The third-order valence-corrected chi connectivity index (χ3v) is 10.1. The Labute approximate surface area is 291 Å². The Bertz CT molecular complexity index is 2460. The van der Waals surface area contributed by atoms with E-state index < -0.39 is 5.41 Å². The lowest BCUT2D eigenvalue weighted by Crippen LogP contribution is -2.32. The van der Waals surface area contributed by atoms with Crippen molar-refractivity contribution in [3.63, 3.8) is 0 Å². The first kappa shape index (κ1) is 29.6. The van der Waals surface area contributed by atoms with Gasteiger partial charge in [-0.25, -0.2) is 0 Å². The quantitative estimate of drug-likeness (QED) is 0.175. The number of benzene rings is 7. The maximum atomic E-state index is 8.84. The zero-order valence-electron chi connectivity index (χ0n) is 27.2. The molecule has 0 atom stereocenters. The van der Waals surface area contributed by atoms with Crippen LogP contribution in [-0.2, 0) is 5.41 Å². The van der Waals surface area contributed by atoms with Crippen LogP contribution < -0.4 is 4.74 Å². The minimum Gasteiger partial charge on any atom is -0.457 e. The molecule has 0 aromatic heterocycles. The molecule has 2 N–H and O–H groups in total. The van der Waals surface area contributed by atoms with Crippen LogP contribution in [-0.4, -0.2) is 11.4 Å². The van der Waals surface area contributed by atoms with E-state index in [-0.39, 0.29) is 0 Å². The summed E-state index contributed by atoms with van der Waals surface area (Å²) in [7, 11) is 0. The fourth-order valence-electron chi connectivity index (χ4n) is 7.84. The van der Waals surface area contributed by atoms with E-state index in [0.717, 1.165) is 56.0 Å². The highest BCUT2D eigenvalue weighted by Gasteiger charge is 2.51. The fourth-order valence-corrected chi connectivity index (χ4v) is 7.84. The highest BCUT2D eigenvalue weighted by atomic mass is 16.5. The summed E-state index contributed by atoms with van der Waals surface area (Å²) in [6.45, 7) is 0. The molecule has 1 heterocycles. The average Bonchev–Trinajstić information content (AvgIpc) is 3.48. The van der Waals surface area contributed by atoms with Gasteiger partial charge in [-0.2, -0.15) is 0 Å². The standard InChI is InChI=1S/C47H32N2O/c48-43(31-13-2-1-3-14-31)26-27-44(49)34-16-12-15-32(29-34)35-17-4-5-18-36(35)33-25-28-46-42(30-33)47(41-23-10-11-24-45(41)50-46)39-21-8-6-19-37(39)38-20-7-9-22-40(38)47/h1-30,48-49H/b27-26-,48-43?,49-44?. The number of hydrogen-bond acceptors (Lipinski definition) is 3. The van der Waals surface area contributed by atoms with Crippen LogP contribution >= 0.6 is 0 Å². The van der Waals surface area contributed by atoms with Crippen molar-refractivity contribution in [2.75, 3.05) is 0 Å². The van der Waals surface area contributed by atoms with Gasteiger partial charge in [0.1, 0.15) is 11.5 Å². The van der Waals surface area contributed by atoms with Crippen LogP contribution in [0.5, 0.6) is 11.5 Å². The molecule has 1 aliphatic heterocycles. The second kappa shape index (κ2) is 11.8. The van der Waals surface area contributed by atoms with Crippen molar-refractivity contribution in [1.82, 2.24) is 0 Å². The lowest BCUT2D eigenvalue weighted by molar-refractivity contribution is 0.436. The smallest absolute Gasteiger partial charge is 0.132 e. The van der Waals surface area contributed by atoms with E-state index >= 15 is 0 Å². The zero-order valence-corrected chi connectivity index (χ0v) is 27.2. The van der Waals surface area contributed by atoms with Gasteiger partial charge in [0.25, 0.3) is 0 Å². The van der Waals surface area contributed by atoms with E-state index in [2.05, 4.69) is 121 Å². The minimum absolute atomic E-state index is 0.357. The molecule has 50 heavy (non-hydrogen) atoms. The Morgan fingerprint density at radius 3 is 1.58 bits per heavy atom. The molecule has 3 nitrogen and oxygen atoms in total. The minimum atomic E-state index is -0.531. The van der Waals surface area contributed by atoms with E-state index in [4.69, 9.17) is 15.6 Å². The van der Waals surface area contributed by atoms with Gasteiger partial charge in [0.05, 0.1) is 16.8 Å². The molecule has 1 spiro atoms. The Hall–Kier alpha value is -6.58. The van der Waals surface area contributed by atoms with Gasteiger partial charge in [0.15, 0.2) is 0 Å². The highest BCUT2D eigenvalue weighted by molar-refractivity contribution is 6.14. The molecule has 1 aliphatic carbocycles. The molecule has 9 rings (SSSR count). The van der Waals surface area contributed by atoms with Gasteiger partial charge < -0.3 is 15.6 Å². The van der Waals surface area contributed by atoms with Crippen LogP contribution in [0.3, 0.4) is 0 Å². The van der Waals surface area contributed by atoms with Crippen molar-refractivity contribution in [2.24, 2.45) is 0 Å². The van der Waals surface area contributed by atoms with Gasteiger partial charge in [-0.3, -0.25) is 0 Å². The lowest BCUT2D eigenvalue weighted by atomic mass is 9.65. The monoisotopic (exact) mass is 640 g/mol. The molecule has 0 bridgehead atoms. The maximum absolute atomic E-state index is 8.84. The fraction of sp³-hybridized carbons (Fsp3) is 0.0213. The molecule has 7 aromatic rings. The first-order valence-electron chi connectivity index (χ1n) is 16.8. The van der Waals surface area contributed by atoms with Crippen LogP contribution in [0.25, 0.3) is 33.4 Å². The average molecular weight is 641 g/mol. The first-order chi connectivity index (χ1) is 24.6. The second-order valence-electron chi connectivity index (χ2n) is 12.8. The van der Waals surface area contributed by atoms with E-state index in [1.165, 1.54) is 22.3 Å². The van der Waals surface area contributed by atoms with Gasteiger partial charge in [0.2, 0.25) is 0 Å². The van der Waals surface area contributed by atoms with Gasteiger partial charge in [-0.05, 0) is 92.1 Å². The largest absolute Gasteiger partial charge is 0.457 e. The molecule has 3 heteroatoms. The van der Waals surface area contributed by atoms with Crippen molar-refractivity contribution in [3.8, 4) is 44.9 Å². The molecular formula is C47H32N2O. The van der Waals surface area contributed by atoms with Gasteiger partial charge in [-0.15, -0.1) is 0 Å². The molecule has 7 aromatic carbocycles. The second-order valence-corrected chi connectivity index (χ2v) is 12.8. The lowest BCUT2D eigenvalue weighted by Gasteiger charge is -2.39. The molecule has 0 amide bonds. The molecule has 0 saturated heterocycles. The number of fused-ring (bicyclic) bond motifs is 9. The van der Waals surface area contributed by atoms with E-state index in [1.54, 1.807) is 12.2 Å². The predicted octanol–water partition coefficient (Wildman–Crippen LogP) is 11.5. The Balaban J connectivity index is 1.16. The number of nitrogens with one attached hydrogen (secondary N) is 2. The maximum Gasteiger partial charge on any atom is 0.132 e. The van der Waals surface area contributed by atoms with E-state index in [1.807, 2.05) is 48.5 Å². The Morgan fingerprint density at radius 1 is 0.400 bits per heavy atom. The number of ether oxygens (including phenoxy) is 1. The van der Waals surface area contributed by atoms with Gasteiger partial charge in [-0.1, -0.05) is 146 Å². The van der Waals surface area contributed by atoms with Crippen LogP contribution in [0.15, 0.2) is 182 Å². The molecule has 2 aliphatic rings. The summed E-state index contributed by atoms with van der Waals surface area (Å²) < 4.78 is 6.66. The van der Waals surface area contributed by atoms with Crippen molar-refractivity contribution < 1.29 is 4.74 Å². The van der Waals surface area contributed by atoms with Crippen molar-refractivity contribution in [2.45, 2.75) is 5.41 Å². The molecule has 236 valence electrons. The highest BCUT2D eigenvalue weighted by Crippen LogP contribution is 2.62. The Kier molecular flexibility index (Phi) is 6.99. The molecule has 0 unspecified atom stereocenters. The van der Waals surface area contributed by atoms with Crippen LogP contribution in [0, 0.1) is 10.8 Å².